The van der Waals surface area contributed by atoms with Crippen molar-refractivity contribution in [3.05, 3.63) is 27.7 Å². The van der Waals surface area contributed by atoms with Crippen molar-refractivity contribution in [3.63, 3.8) is 0 Å². The summed E-state index contributed by atoms with van der Waals surface area (Å²) < 4.78 is 27.3. The topological polar surface area (TPSA) is 75.3 Å². The van der Waals surface area contributed by atoms with Crippen LogP contribution in [0.15, 0.2) is 27.6 Å². The van der Waals surface area contributed by atoms with Gasteiger partial charge in [-0.2, -0.15) is 0 Å². The minimum Gasteiger partial charge on any atom is -0.353 e. The maximum Gasteiger partial charge on any atom is 0.242 e. The summed E-state index contributed by atoms with van der Waals surface area (Å²) in [4.78, 5) is 11.5. The maximum atomic E-state index is 12.1. The second-order valence-corrected chi connectivity index (χ2v) is 7.98. The van der Waals surface area contributed by atoms with E-state index in [1.165, 1.54) is 12.1 Å². The van der Waals surface area contributed by atoms with E-state index in [2.05, 4.69) is 26.0 Å². The molecule has 1 aromatic carbocycles. The zero-order valence-corrected chi connectivity index (χ0v) is 14.4. The van der Waals surface area contributed by atoms with Crippen molar-refractivity contribution in [2.24, 2.45) is 0 Å². The van der Waals surface area contributed by atoms with Crippen molar-refractivity contribution in [1.82, 2.24) is 10.0 Å². The molecule has 116 valence electrons. The molecule has 1 saturated carbocycles. The molecule has 2 N–H and O–H groups in total. The van der Waals surface area contributed by atoms with Gasteiger partial charge < -0.3 is 5.32 Å². The Morgan fingerprint density at radius 2 is 2.10 bits per heavy atom. The Morgan fingerprint density at radius 1 is 1.38 bits per heavy atom. The molecule has 1 aromatic rings. The molecular weight excluding hydrogens is 380 g/mol. The zero-order chi connectivity index (χ0) is 15.5. The molecule has 0 spiro atoms. The van der Waals surface area contributed by atoms with Crippen molar-refractivity contribution in [2.45, 2.75) is 36.6 Å². The highest BCUT2D eigenvalue weighted by molar-refractivity contribution is 9.10. The number of nitrogens with one attached hydrogen (secondary N) is 2. The second-order valence-electron chi connectivity index (χ2n) is 4.92. The van der Waals surface area contributed by atoms with Gasteiger partial charge in [-0.15, -0.1) is 0 Å². The van der Waals surface area contributed by atoms with E-state index in [1.54, 1.807) is 6.07 Å². The van der Waals surface area contributed by atoms with Gasteiger partial charge in [-0.05, 0) is 37.5 Å². The minimum atomic E-state index is -3.65. The number of halogens is 2. The molecule has 8 heteroatoms. The lowest BCUT2D eigenvalue weighted by Gasteiger charge is -2.08. The van der Waals surface area contributed by atoms with Crippen LogP contribution >= 0.6 is 27.5 Å². The fourth-order valence-corrected chi connectivity index (χ4v) is 3.86. The number of carbonyl (C=O) groups excluding carboxylic acids is 1. The Hall–Kier alpha value is -0.630. The van der Waals surface area contributed by atoms with E-state index in [0.29, 0.717) is 23.4 Å². The Balaban J connectivity index is 1.81. The standard InChI is InChI=1S/C13H16BrClN2O3S/c14-9-3-6-12(11(15)8-9)21(19,20)16-7-1-2-13(18)17-10-4-5-10/h3,6,8,10,16H,1-2,4-5,7H2,(H,17,18). The van der Waals surface area contributed by atoms with Crippen LogP contribution in [0.5, 0.6) is 0 Å². The highest BCUT2D eigenvalue weighted by Crippen LogP contribution is 2.25. The molecule has 1 aliphatic rings. The molecule has 1 fully saturated rings. The molecule has 0 aliphatic heterocycles. The highest BCUT2D eigenvalue weighted by atomic mass is 79.9. The van der Waals surface area contributed by atoms with E-state index in [-0.39, 0.29) is 22.4 Å². The van der Waals surface area contributed by atoms with E-state index in [9.17, 15) is 13.2 Å². The number of hydrogen-bond acceptors (Lipinski definition) is 3. The van der Waals surface area contributed by atoms with Gasteiger partial charge in [0, 0.05) is 23.5 Å². The molecule has 0 aromatic heterocycles. The Labute approximate surface area is 137 Å². The Morgan fingerprint density at radius 3 is 2.71 bits per heavy atom. The highest BCUT2D eigenvalue weighted by Gasteiger charge is 2.23. The van der Waals surface area contributed by atoms with E-state index in [4.69, 9.17) is 11.6 Å². The average molecular weight is 396 g/mol. The number of carbonyl (C=O) groups is 1. The van der Waals surface area contributed by atoms with Crippen LogP contribution in [0.25, 0.3) is 0 Å². The van der Waals surface area contributed by atoms with Gasteiger partial charge in [-0.3, -0.25) is 4.79 Å². The first-order chi connectivity index (χ1) is 9.88. The summed E-state index contributed by atoms with van der Waals surface area (Å²) >= 11 is 9.15. The predicted octanol–water partition coefficient (Wildman–Crippen LogP) is 2.44. The largest absolute Gasteiger partial charge is 0.353 e. The van der Waals surface area contributed by atoms with Gasteiger partial charge >= 0.3 is 0 Å². The summed E-state index contributed by atoms with van der Waals surface area (Å²) in [7, 11) is -3.65. The minimum absolute atomic E-state index is 0.0293. The third kappa shape index (κ3) is 5.25. The molecule has 5 nitrogen and oxygen atoms in total. The van der Waals surface area contributed by atoms with Gasteiger partial charge in [-0.25, -0.2) is 13.1 Å². The van der Waals surface area contributed by atoms with Gasteiger partial charge in [0.25, 0.3) is 0 Å². The summed E-state index contributed by atoms with van der Waals surface area (Å²) in [6.45, 7) is 0.201. The molecule has 0 atom stereocenters. The molecule has 0 bridgehead atoms. The van der Waals surface area contributed by atoms with Crippen LogP contribution < -0.4 is 10.0 Å². The third-order valence-electron chi connectivity index (χ3n) is 3.00. The predicted molar refractivity (Wildman–Crippen MR) is 84.7 cm³/mol. The molecule has 0 radical (unpaired) electrons. The number of hydrogen-bond donors (Lipinski definition) is 2. The average Bonchev–Trinajstić information content (AvgIpc) is 3.18. The van der Waals surface area contributed by atoms with Gasteiger partial charge in [0.2, 0.25) is 15.9 Å². The number of amides is 1. The van der Waals surface area contributed by atoms with E-state index in [0.717, 1.165) is 12.8 Å². The molecule has 1 aliphatic carbocycles. The van der Waals surface area contributed by atoms with E-state index >= 15 is 0 Å². The quantitative estimate of drug-likeness (QED) is 0.696. The first-order valence-electron chi connectivity index (χ1n) is 6.62. The summed E-state index contributed by atoms with van der Waals surface area (Å²) in [6.07, 6.45) is 2.85. The van der Waals surface area contributed by atoms with E-state index in [1.807, 2.05) is 0 Å². The van der Waals surface area contributed by atoms with Crippen LogP contribution in [0, 0.1) is 0 Å². The summed E-state index contributed by atoms with van der Waals surface area (Å²) in [6, 6.07) is 4.91. The van der Waals surface area contributed by atoms with Gasteiger partial charge in [0.15, 0.2) is 0 Å². The molecule has 1 amide bonds. The van der Waals surface area contributed by atoms with Crippen LogP contribution in [0.4, 0.5) is 0 Å². The van der Waals surface area contributed by atoms with Gasteiger partial charge in [0.1, 0.15) is 4.90 Å². The lowest BCUT2D eigenvalue weighted by Crippen LogP contribution is -2.28. The van der Waals surface area contributed by atoms with Gasteiger partial charge in [-0.1, -0.05) is 27.5 Å². The molecule has 0 heterocycles. The van der Waals surface area contributed by atoms with Crippen molar-refractivity contribution in [3.8, 4) is 0 Å². The summed E-state index contributed by atoms with van der Waals surface area (Å²) in [5.41, 5.74) is 0. The molecule has 0 unspecified atom stereocenters. The molecule has 21 heavy (non-hydrogen) atoms. The van der Waals surface area contributed by atoms with Crippen molar-refractivity contribution in [2.75, 3.05) is 6.54 Å². The third-order valence-corrected chi connectivity index (χ3v) is 5.44. The maximum absolute atomic E-state index is 12.1. The fourth-order valence-electron chi connectivity index (χ4n) is 1.75. The smallest absolute Gasteiger partial charge is 0.242 e. The molecular formula is C13H16BrClN2O3S. The van der Waals surface area contributed by atoms with Gasteiger partial charge in [0.05, 0.1) is 5.02 Å². The zero-order valence-electron chi connectivity index (χ0n) is 11.2. The van der Waals surface area contributed by atoms with Crippen LogP contribution in [-0.2, 0) is 14.8 Å². The van der Waals surface area contributed by atoms with Crippen LogP contribution in [0.1, 0.15) is 25.7 Å². The Kier molecular flexibility index (Phi) is 5.65. The number of sulfonamides is 1. The van der Waals surface area contributed by atoms with E-state index < -0.39 is 10.0 Å². The second kappa shape index (κ2) is 7.09. The fraction of sp³-hybridized carbons (Fsp3) is 0.462. The number of benzene rings is 1. The van der Waals surface area contributed by atoms with Crippen molar-refractivity contribution >= 4 is 43.5 Å². The molecule has 2 rings (SSSR count). The first-order valence-corrected chi connectivity index (χ1v) is 9.28. The van der Waals surface area contributed by atoms with Crippen molar-refractivity contribution in [1.29, 1.82) is 0 Å². The normalized spacial score (nSPS) is 15.0. The van der Waals surface area contributed by atoms with Crippen LogP contribution in [-0.4, -0.2) is 26.9 Å². The summed E-state index contributed by atoms with van der Waals surface area (Å²) in [5, 5.41) is 3.01. The van der Waals surface area contributed by atoms with Crippen LogP contribution in [0.3, 0.4) is 0 Å². The molecule has 0 saturated heterocycles. The SMILES string of the molecule is O=C(CCCNS(=O)(=O)c1ccc(Br)cc1Cl)NC1CC1. The summed E-state index contributed by atoms with van der Waals surface area (Å²) in [5.74, 6) is -0.0293. The lowest BCUT2D eigenvalue weighted by molar-refractivity contribution is -0.121. The monoisotopic (exact) mass is 394 g/mol. The Bertz CT molecular complexity index is 632. The first kappa shape index (κ1) is 16.7. The lowest BCUT2D eigenvalue weighted by atomic mass is 10.3. The van der Waals surface area contributed by atoms with Crippen LogP contribution in [0.2, 0.25) is 5.02 Å². The van der Waals surface area contributed by atoms with Crippen molar-refractivity contribution < 1.29 is 13.2 Å². The number of rotatable bonds is 7.